The first-order valence-corrected chi connectivity index (χ1v) is 5.60. The summed E-state index contributed by atoms with van der Waals surface area (Å²) in [6.45, 7) is 8.91. The van der Waals surface area contributed by atoms with Gasteiger partial charge in [-0.1, -0.05) is 13.8 Å². The minimum absolute atomic E-state index is 0.242. The van der Waals surface area contributed by atoms with Gasteiger partial charge in [0.1, 0.15) is 0 Å². The first-order chi connectivity index (χ1) is 7.52. The summed E-state index contributed by atoms with van der Waals surface area (Å²) < 4.78 is 5.18. The van der Waals surface area contributed by atoms with E-state index >= 15 is 0 Å². The summed E-state index contributed by atoms with van der Waals surface area (Å²) in [5, 5.41) is 3.31. The summed E-state index contributed by atoms with van der Waals surface area (Å²) in [5.74, 6) is 1.16. The van der Waals surface area contributed by atoms with Crippen molar-refractivity contribution in [1.29, 1.82) is 0 Å². The molecule has 0 aliphatic carbocycles. The molecule has 1 rings (SSSR count). The van der Waals surface area contributed by atoms with Gasteiger partial charge in [0.05, 0.1) is 12.6 Å². The Morgan fingerprint density at radius 2 is 1.81 bits per heavy atom. The maximum Gasteiger partial charge on any atom is 0.223 e. The fourth-order valence-electron chi connectivity index (χ4n) is 1.54. The Labute approximate surface area is 97.5 Å². The third-order valence-electron chi connectivity index (χ3n) is 2.45. The molecular weight excluding hydrogens is 202 g/mol. The third-order valence-corrected chi connectivity index (χ3v) is 2.45. The Morgan fingerprint density at radius 3 is 2.25 bits per heavy atom. The summed E-state index contributed by atoms with van der Waals surface area (Å²) >= 11 is 0. The predicted octanol–water partition coefficient (Wildman–Crippen LogP) is 2.18. The van der Waals surface area contributed by atoms with Gasteiger partial charge in [0.2, 0.25) is 5.95 Å². The van der Waals surface area contributed by atoms with Crippen LogP contribution in [0.1, 0.15) is 25.2 Å². The lowest BCUT2D eigenvalue weighted by Gasteiger charge is -2.21. The zero-order valence-corrected chi connectivity index (χ0v) is 10.7. The van der Waals surface area contributed by atoms with Gasteiger partial charge < -0.3 is 10.1 Å². The second kappa shape index (κ2) is 5.80. The molecule has 16 heavy (non-hydrogen) atoms. The van der Waals surface area contributed by atoms with Crippen molar-refractivity contribution in [2.24, 2.45) is 5.92 Å². The van der Waals surface area contributed by atoms with Crippen LogP contribution in [0.4, 0.5) is 5.95 Å². The highest BCUT2D eigenvalue weighted by molar-refractivity contribution is 5.29. The lowest BCUT2D eigenvalue weighted by molar-refractivity contribution is 0.171. The zero-order valence-electron chi connectivity index (χ0n) is 10.7. The highest BCUT2D eigenvalue weighted by atomic mass is 16.5. The standard InChI is InChI=1S/C12H21N3O/c1-8(2)11(7-16-5)15-12-13-9(3)6-10(4)14-12/h6,8,11H,7H2,1-5H3,(H,13,14,15). The average Bonchev–Trinajstić information content (AvgIpc) is 2.15. The fourth-order valence-corrected chi connectivity index (χ4v) is 1.54. The smallest absolute Gasteiger partial charge is 0.223 e. The van der Waals surface area contributed by atoms with Gasteiger partial charge >= 0.3 is 0 Å². The van der Waals surface area contributed by atoms with Gasteiger partial charge in [-0.2, -0.15) is 0 Å². The molecule has 0 amide bonds. The summed E-state index contributed by atoms with van der Waals surface area (Å²) in [5.41, 5.74) is 1.96. The van der Waals surface area contributed by atoms with E-state index < -0.39 is 0 Å². The summed E-state index contributed by atoms with van der Waals surface area (Å²) in [7, 11) is 1.71. The monoisotopic (exact) mass is 223 g/mol. The summed E-state index contributed by atoms with van der Waals surface area (Å²) in [6, 6.07) is 2.21. The molecule has 1 aromatic rings. The molecule has 0 saturated heterocycles. The van der Waals surface area contributed by atoms with Crippen LogP contribution in [0.3, 0.4) is 0 Å². The number of hydrogen-bond donors (Lipinski definition) is 1. The molecule has 0 spiro atoms. The highest BCUT2D eigenvalue weighted by Crippen LogP contribution is 2.10. The van der Waals surface area contributed by atoms with Crippen LogP contribution in [-0.2, 0) is 4.74 Å². The molecule has 1 unspecified atom stereocenters. The number of anilines is 1. The van der Waals surface area contributed by atoms with E-state index in [1.165, 1.54) is 0 Å². The maximum absolute atomic E-state index is 5.18. The first kappa shape index (κ1) is 12.9. The van der Waals surface area contributed by atoms with Gasteiger partial charge in [0, 0.05) is 18.5 Å². The molecule has 0 fully saturated rings. The first-order valence-electron chi connectivity index (χ1n) is 5.60. The molecule has 1 heterocycles. The van der Waals surface area contributed by atoms with E-state index in [4.69, 9.17) is 4.74 Å². The van der Waals surface area contributed by atoms with Crippen molar-refractivity contribution < 1.29 is 4.74 Å². The van der Waals surface area contributed by atoms with E-state index in [1.54, 1.807) is 7.11 Å². The van der Waals surface area contributed by atoms with Crippen molar-refractivity contribution in [3.05, 3.63) is 17.5 Å². The van der Waals surface area contributed by atoms with Crippen molar-refractivity contribution in [3.63, 3.8) is 0 Å². The van der Waals surface area contributed by atoms with E-state index in [0.29, 0.717) is 18.5 Å². The molecule has 4 heteroatoms. The maximum atomic E-state index is 5.18. The number of rotatable bonds is 5. The molecule has 4 nitrogen and oxygen atoms in total. The van der Waals surface area contributed by atoms with Crippen molar-refractivity contribution >= 4 is 5.95 Å². The Bertz CT molecular complexity index is 319. The van der Waals surface area contributed by atoms with Crippen molar-refractivity contribution in [3.8, 4) is 0 Å². The Morgan fingerprint density at radius 1 is 1.25 bits per heavy atom. The summed E-state index contributed by atoms with van der Waals surface area (Å²) in [6.07, 6.45) is 0. The number of ether oxygens (including phenoxy) is 1. The molecule has 0 saturated carbocycles. The Hall–Kier alpha value is -1.16. The predicted molar refractivity (Wildman–Crippen MR) is 65.6 cm³/mol. The van der Waals surface area contributed by atoms with Crippen LogP contribution in [-0.4, -0.2) is 29.7 Å². The normalized spacial score (nSPS) is 12.9. The molecule has 0 aromatic carbocycles. The van der Waals surface area contributed by atoms with Crippen molar-refractivity contribution in [1.82, 2.24) is 9.97 Å². The van der Waals surface area contributed by atoms with Gasteiger partial charge in [-0.25, -0.2) is 9.97 Å². The number of hydrogen-bond acceptors (Lipinski definition) is 4. The molecule has 0 aliphatic heterocycles. The Kier molecular flexibility index (Phi) is 4.68. The number of nitrogens with one attached hydrogen (secondary N) is 1. The quantitative estimate of drug-likeness (QED) is 0.831. The van der Waals surface area contributed by atoms with Crippen LogP contribution in [0.2, 0.25) is 0 Å². The number of methoxy groups -OCH3 is 1. The third kappa shape index (κ3) is 3.77. The zero-order chi connectivity index (χ0) is 12.1. The summed E-state index contributed by atoms with van der Waals surface area (Å²) in [4.78, 5) is 8.72. The molecular formula is C12H21N3O. The highest BCUT2D eigenvalue weighted by Gasteiger charge is 2.14. The lowest BCUT2D eigenvalue weighted by Crippen LogP contribution is -2.31. The van der Waals surface area contributed by atoms with Gasteiger partial charge in [0.25, 0.3) is 0 Å². The van der Waals surface area contributed by atoms with E-state index in [2.05, 4.69) is 29.1 Å². The van der Waals surface area contributed by atoms with Gasteiger partial charge in [-0.05, 0) is 25.8 Å². The molecule has 1 N–H and O–H groups in total. The minimum atomic E-state index is 0.242. The Balaban J connectivity index is 2.76. The minimum Gasteiger partial charge on any atom is -0.383 e. The molecule has 1 atom stereocenters. The average molecular weight is 223 g/mol. The van der Waals surface area contributed by atoms with Crippen LogP contribution >= 0.6 is 0 Å². The van der Waals surface area contributed by atoms with Crippen molar-refractivity contribution in [2.45, 2.75) is 33.7 Å². The van der Waals surface area contributed by atoms with Crippen molar-refractivity contribution in [2.75, 3.05) is 19.0 Å². The molecule has 0 aliphatic rings. The number of aryl methyl sites for hydroxylation is 2. The topological polar surface area (TPSA) is 47.0 Å². The second-order valence-electron chi connectivity index (χ2n) is 4.42. The van der Waals surface area contributed by atoms with Crippen LogP contribution in [0.25, 0.3) is 0 Å². The molecule has 90 valence electrons. The molecule has 1 aromatic heterocycles. The SMILES string of the molecule is COCC(Nc1nc(C)cc(C)n1)C(C)C. The number of nitrogens with zero attached hydrogens (tertiary/aromatic N) is 2. The molecule has 0 radical (unpaired) electrons. The number of aromatic nitrogens is 2. The second-order valence-corrected chi connectivity index (χ2v) is 4.42. The van der Waals surface area contributed by atoms with Crippen LogP contribution in [0.5, 0.6) is 0 Å². The fraction of sp³-hybridized carbons (Fsp3) is 0.667. The van der Waals surface area contributed by atoms with E-state index in [-0.39, 0.29) is 6.04 Å². The molecule has 0 bridgehead atoms. The van der Waals surface area contributed by atoms with Gasteiger partial charge in [0.15, 0.2) is 0 Å². The van der Waals surface area contributed by atoms with E-state index in [0.717, 1.165) is 11.4 Å². The van der Waals surface area contributed by atoms with Gasteiger partial charge in [-0.3, -0.25) is 0 Å². The van der Waals surface area contributed by atoms with Crippen LogP contribution < -0.4 is 5.32 Å². The van der Waals surface area contributed by atoms with Crippen LogP contribution in [0.15, 0.2) is 6.07 Å². The van der Waals surface area contributed by atoms with Gasteiger partial charge in [-0.15, -0.1) is 0 Å². The van der Waals surface area contributed by atoms with E-state index in [9.17, 15) is 0 Å². The van der Waals surface area contributed by atoms with Crippen LogP contribution in [0, 0.1) is 19.8 Å². The van der Waals surface area contributed by atoms with E-state index in [1.807, 2.05) is 19.9 Å². The lowest BCUT2D eigenvalue weighted by atomic mass is 10.1. The largest absolute Gasteiger partial charge is 0.383 e.